The number of ether oxygens (including phenoxy) is 1. The SMILES string of the molecule is CCSC1CCC(NC(=O)COC2(C)CNC2)C1. The molecule has 2 atom stereocenters. The molecular formula is C13H24N2O2S. The van der Waals surface area contributed by atoms with Crippen LogP contribution in [0.4, 0.5) is 0 Å². The van der Waals surface area contributed by atoms with Crippen molar-refractivity contribution in [2.24, 2.45) is 0 Å². The minimum absolute atomic E-state index is 0.0373. The van der Waals surface area contributed by atoms with Crippen LogP contribution in [-0.4, -0.2) is 48.2 Å². The van der Waals surface area contributed by atoms with E-state index in [-0.39, 0.29) is 18.1 Å². The van der Waals surface area contributed by atoms with Gasteiger partial charge in [-0.3, -0.25) is 4.79 Å². The Hall–Kier alpha value is -0.260. The smallest absolute Gasteiger partial charge is 0.246 e. The van der Waals surface area contributed by atoms with E-state index in [0.717, 1.165) is 31.2 Å². The Labute approximate surface area is 114 Å². The molecule has 2 unspecified atom stereocenters. The first kappa shape index (κ1) is 14.2. The zero-order valence-electron chi connectivity index (χ0n) is 11.3. The molecule has 1 saturated heterocycles. The molecule has 0 radical (unpaired) electrons. The Morgan fingerprint density at radius 1 is 1.50 bits per heavy atom. The van der Waals surface area contributed by atoms with E-state index in [1.807, 2.05) is 18.7 Å². The molecule has 0 spiro atoms. The highest BCUT2D eigenvalue weighted by Gasteiger charge is 2.33. The summed E-state index contributed by atoms with van der Waals surface area (Å²) in [6, 6.07) is 0.359. The van der Waals surface area contributed by atoms with Crippen LogP contribution in [0.2, 0.25) is 0 Å². The van der Waals surface area contributed by atoms with E-state index in [1.165, 1.54) is 12.2 Å². The van der Waals surface area contributed by atoms with Gasteiger partial charge in [0.15, 0.2) is 0 Å². The number of hydrogen-bond donors (Lipinski definition) is 2. The molecule has 0 aromatic carbocycles. The van der Waals surface area contributed by atoms with E-state index in [4.69, 9.17) is 4.74 Å². The van der Waals surface area contributed by atoms with E-state index in [1.54, 1.807) is 0 Å². The van der Waals surface area contributed by atoms with E-state index < -0.39 is 0 Å². The first-order chi connectivity index (χ1) is 8.61. The summed E-state index contributed by atoms with van der Waals surface area (Å²) in [5, 5.41) is 6.98. The van der Waals surface area contributed by atoms with Gasteiger partial charge in [0.25, 0.3) is 0 Å². The molecule has 2 rings (SSSR count). The average molecular weight is 272 g/mol. The van der Waals surface area contributed by atoms with Crippen molar-refractivity contribution in [3.05, 3.63) is 0 Å². The number of nitrogens with one attached hydrogen (secondary N) is 2. The predicted octanol–water partition coefficient (Wildman–Crippen LogP) is 1.16. The number of thioether (sulfide) groups is 1. The molecule has 4 nitrogen and oxygen atoms in total. The first-order valence-electron chi connectivity index (χ1n) is 6.87. The summed E-state index contributed by atoms with van der Waals surface area (Å²) < 4.78 is 5.63. The van der Waals surface area contributed by atoms with E-state index in [2.05, 4.69) is 17.6 Å². The maximum Gasteiger partial charge on any atom is 0.246 e. The predicted molar refractivity (Wildman–Crippen MR) is 74.9 cm³/mol. The molecule has 2 N–H and O–H groups in total. The van der Waals surface area contributed by atoms with Crippen LogP contribution in [0.1, 0.15) is 33.1 Å². The summed E-state index contributed by atoms with van der Waals surface area (Å²) in [5.41, 5.74) is -0.131. The van der Waals surface area contributed by atoms with Crippen molar-refractivity contribution < 1.29 is 9.53 Å². The third-order valence-corrected chi connectivity index (χ3v) is 4.93. The van der Waals surface area contributed by atoms with Crippen LogP contribution in [-0.2, 0) is 9.53 Å². The zero-order valence-corrected chi connectivity index (χ0v) is 12.1. The fourth-order valence-electron chi connectivity index (χ4n) is 2.55. The molecule has 2 aliphatic rings. The van der Waals surface area contributed by atoms with Crippen molar-refractivity contribution in [1.82, 2.24) is 10.6 Å². The molecule has 0 aromatic heterocycles. The van der Waals surface area contributed by atoms with E-state index in [0.29, 0.717) is 6.04 Å². The van der Waals surface area contributed by atoms with E-state index >= 15 is 0 Å². The molecule has 1 amide bonds. The molecule has 1 heterocycles. The molecule has 104 valence electrons. The van der Waals surface area contributed by atoms with Gasteiger partial charge in [-0.1, -0.05) is 6.92 Å². The number of carbonyl (C=O) groups excluding carboxylic acids is 1. The van der Waals surface area contributed by atoms with Crippen molar-refractivity contribution in [3.8, 4) is 0 Å². The van der Waals surface area contributed by atoms with Gasteiger partial charge in [0.05, 0.1) is 5.60 Å². The third kappa shape index (κ3) is 3.87. The van der Waals surface area contributed by atoms with E-state index in [9.17, 15) is 4.79 Å². The van der Waals surface area contributed by atoms with Crippen molar-refractivity contribution in [2.75, 3.05) is 25.4 Å². The highest BCUT2D eigenvalue weighted by atomic mass is 32.2. The second kappa shape index (κ2) is 6.26. The second-order valence-electron chi connectivity index (χ2n) is 5.50. The Morgan fingerprint density at radius 3 is 2.89 bits per heavy atom. The highest BCUT2D eigenvalue weighted by molar-refractivity contribution is 7.99. The summed E-state index contributed by atoms with van der Waals surface area (Å²) in [4.78, 5) is 11.8. The van der Waals surface area contributed by atoms with Gasteiger partial charge >= 0.3 is 0 Å². The first-order valence-corrected chi connectivity index (χ1v) is 7.92. The average Bonchev–Trinajstić information content (AvgIpc) is 2.72. The number of carbonyl (C=O) groups is 1. The maximum atomic E-state index is 11.8. The third-order valence-electron chi connectivity index (χ3n) is 3.70. The molecule has 2 fully saturated rings. The Bertz CT molecular complexity index is 295. The fourth-order valence-corrected chi connectivity index (χ4v) is 3.69. The van der Waals surface area contributed by atoms with Gasteiger partial charge in [0, 0.05) is 24.4 Å². The quantitative estimate of drug-likeness (QED) is 0.762. The molecule has 0 bridgehead atoms. The second-order valence-corrected chi connectivity index (χ2v) is 7.07. The normalized spacial score (nSPS) is 29.9. The van der Waals surface area contributed by atoms with Gasteiger partial charge in [-0.25, -0.2) is 0 Å². The Kier molecular flexibility index (Phi) is 4.92. The molecule has 5 heteroatoms. The summed E-state index contributed by atoms with van der Waals surface area (Å²) in [6.45, 7) is 6.12. The lowest BCUT2D eigenvalue weighted by Crippen LogP contribution is -2.59. The summed E-state index contributed by atoms with van der Waals surface area (Å²) in [7, 11) is 0. The van der Waals surface area contributed by atoms with Gasteiger partial charge in [-0.2, -0.15) is 11.8 Å². The minimum Gasteiger partial charge on any atom is -0.363 e. The molecule has 1 aliphatic carbocycles. The lowest BCUT2D eigenvalue weighted by atomic mass is 10.0. The number of rotatable bonds is 6. The molecule has 1 saturated carbocycles. The molecule has 0 aromatic rings. The largest absolute Gasteiger partial charge is 0.363 e. The maximum absolute atomic E-state index is 11.8. The molecular weight excluding hydrogens is 248 g/mol. The van der Waals surface area contributed by atoms with Gasteiger partial charge in [0.2, 0.25) is 5.91 Å². The molecule has 18 heavy (non-hydrogen) atoms. The minimum atomic E-state index is -0.131. The van der Waals surface area contributed by atoms with Crippen molar-refractivity contribution in [3.63, 3.8) is 0 Å². The topological polar surface area (TPSA) is 50.4 Å². The lowest BCUT2D eigenvalue weighted by molar-refractivity contribution is -0.136. The number of amides is 1. The summed E-state index contributed by atoms with van der Waals surface area (Å²) >= 11 is 2.01. The fraction of sp³-hybridized carbons (Fsp3) is 0.923. The van der Waals surface area contributed by atoms with Gasteiger partial charge in [-0.15, -0.1) is 0 Å². The highest BCUT2D eigenvalue weighted by Crippen LogP contribution is 2.29. The summed E-state index contributed by atoms with van der Waals surface area (Å²) in [5.74, 6) is 1.20. The van der Waals surface area contributed by atoms with Crippen LogP contribution in [0.3, 0.4) is 0 Å². The van der Waals surface area contributed by atoms with Crippen molar-refractivity contribution in [1.29, 1.82) is 0 Å². The van der Waals surface area contributed by atoms with Crippen molar-refractivity contribution >= 4 is 17.7 Å². The standard InChI is InChI=1S/C13H24N2O2S/c1-3-18-11-5-4-10(6-11)15-12(16)7-17-13(2)8-14-9-13/h10-11,14H,3-9H2,1-2H3,(H,15,16). The van der Waals surface area contributed by atoms with Crippen LogP contribution in [0, 0.1) is 0 Å². The number of hydrogen-bond acceptors (Lipinski definition) is 4. The van der Waals surface area contributed by atoms with Gasteiger partial charge < -0.3 is 15.4 Å². The van der Waals surface area contributed by atoms with Gasteiger partial charge in [0.1, 0.15) is 6.61 Å². The molecule has 1 aliphatic heterocycles. The Morgan fingerprint density at radius 2 is 2.28 bits per heavy atom. The zero-order chi connectivity index (χ0) is 13.0. The van der Waals surface area contributed by atoms with Crippen LogP contribution >= 0.6 is 11.8 Å². The van der Waals surface area contributed by atoms with Crippen molar-refractivity contribution in [2.45, 2.75) is 50.0 Å². The van der Waals surface area contributed by atoms with Crippen LogP contribution in [0.25, 0.3) is 0 Å². The van der Waals surface area contributed by atoms with Gasteiger partial charge in [-0.05, 0) is 31.9 Å². The van der Waals surface area contributed by atoms with Crippen LogP contribution in [0.15, 0.2) is 0 Å². The lowest BCUT2D eigenvalue weighted by Gasteiger charge is -2.38. The summed E-state index contributed by atoms with van der Waals surface area (Å²) in [6.07, 6.45) is 3.46. The monoisotopic (exact) mass is 272 g/mol. The van der Waals surface area contributed by atoms with Crippen LogP contribution in [0.5, 0.6) is 0 Å². The van der Waals surface area contributed by atoms with Crippen LogP contribution < -0.4 is 10.6 Å². The Balaban J connectivity index is 1.62.